The predicted molar refractivity (Wildman–Crippen MR) is 54.4 cm³/mol. The molecule has 6 nitrogen and oxygen atoms in total. The lowest BCUT2D eigenvalue weighted by Gasteiger charge is -2.02. The van der Waals surface area contributed by atoms with E-state index in [1.54, 1.807) is 0 Å². The number of halogens is 1. The van der Waals surface area contributed by atoms with Crippen molar-refractivity contribution in [3.05, 3.63) is 24.0 Å². The van der Waals surface area contributed by atoms with Gasteiger partial charge in [0, 0.05) is 5.56 Å². The third-order valence-electron chi connectivity index (χ3n) is 1.98. The molecule has 0 fully saturated rings. The summed E-state index contributed by atoms with van der Waals surface area (Å²) < 4.78 is 14.0. The summed E-state index contributed by atoms with van der Waals surface area (Å²) in [6.07, 6.45) is 0. The lowest BCUT2D eigenvalue weighted by atomic mass is 10.2. The highest BCUT2D eigenvalue weighted by molar-refractivity contribution is 5.62. The zero-order valence-electron chi connectivity index (χ0n) is 7.68. The van der Waals surface area contributed by atoms with E-state index >= 15 is 0 Å². The molecule has 0 bridgehead atoms. The fraction of sp³-hybridized carbons (Fsp3) is 0. The molecule has 1 aromatic heterocycles. The van der Waals surface area contributed by atoms with Gasteiger partial charge in [0.2, 0.25) is 5.95 Å². The number of hydrogen-bond acceptors (Lipinski definition) is 5. The lowest BCUT2D eigenvalue weighted by molar-refractivity contribution is 0.632. The predicted octanol–water partition coefficient (Wildman–Crippen LogP) is -0.0376. The number of nitrogens with two attached hydrogens (primary N) is 3. The molecule has 0 aliphatic carbocycles. The summed E-state index contributed by atoms with van der Waals surface area (Å²) >= 11 is 0. The smallest absolute Gasteiger partial charge is 0.241 e. The monoisotopic (exact) mass is 208 g/mol. The van der Waals surface area contributed by atoms with Crippen molar-refractivity contribution in [3.8, 4) is 11.4 Å². The molecule has 0 aliphatic rings. The van der Waals surface area contributed by atoms with Crippen LogP contribution in [0.1, 0.15) is 0 Å². The number of rotatable bonds is 1. The van der Waals surface area contributed by atoms with Crippen molar-refractivity contribution in [2.45, 2.75) is 0 Å². The highest BCUT2D eigenvalue weighted by atomic mass is 19.1. The van der Waals surface area contributed by atoms with Crippen LogP contribution in [0.2, 0.25) is 0 Å². The lowest BCUT2D eigenvalue weighted by Crippen LogP contribution is -2.13. The Morgan fingerprint density at radius 2 is 1.93 bits per heavy atom. The summed E-state index contributed by atoms with van der Waals surface area (Å²) in [5, 5.41) is 7.32. The molecule has 0 atom stereocenters. The first-order valence-corrected chi connectivity index (χ1v) is 4.11. The van der Waals surface area contributed by atoms with E-state index in [-0.39, 0.29) is 11.6 Å². The van der Waals surface area contributed by atoms with Gasteiger partial charge in [0.1, 0.15) is 5.82 Å². The minimum atomic E-state index is -0.491. The van der Waals surface area contributed by atoms with E-state index in [9.17, 15) is 4.39 Å². The van der Waals surface area contributed by atoms with E-state index in [4.69, 9.17) is 17.3 Å². The fourth-order valence-corrected chi connectivity index (χ4v) is 1.18. The molecule has 0 aliphatic heterocycles. The molecule has 15 heavy (non-hydrogen) atoms. The van der Waals surface area contributed by atoms with Gasteiger partial charge in [-0.1, -0.05) is 0 Å². The van der Waals surface area contributed by atoms with E-state index < -0.39 is 5.82 Å². The molecule has 78 valence electrons. The highest BCUT2D eigenvalue weighted by Crippen LogP contribution is 2.21. The molecule has 0 amide bonds. The molecular weight excluding hydrogens is 199 g/mol. The van der Waals surface area contributed by atoms with E-state index in [0.29, 0.717) is 11.4 Å². The van der Waals surface area contributed by atoms with Gasteiger partial charge in [-0.15, -0.1) is 10.2 Å². The van der Waals surface area contributed by atoms with Crippen LogP contribution < -0.4 is 17.3 Å². The van der Waals surface area contributed by atoms with Gasteiger partial charge in [-0.25, -0.2) is 9.07 Å². The molecular formula is C8H9FN6. The molecule has 6 N–H and O–H groups in total. The van der Waals surface area contributed by atoms with Crippen molar-refractivity contribution in [2.24, 2.45) is 0 Å². The first-order chi connectivity index (χ1) is 7.09. The molecule has 1 heterocycles. The highest BCUT2D eigenvalue weighted by Gasteiger charge is 2.10. The molecule has 0 saturated carbocycles. The number of benzene rings is 1. The number of hydrogen-bond donors (Lipinski definition) is 3. The second-order valence-corrected chi connectivity index (χ2v) is 2.99. The second kappa shape index (κ2) is 3.12. The van der Waals surface area contributed by atoms with Gasteiger partial charge in [0.15, 0.2) is 5.82 Å². The number of anilines is 2. The van der Waals surface area contributed by atoms with E-state index in [0.717, 1.165) is 4.68 Å². The van der Waals surface area contributed by atoms with Gasteiger partial charge in [0.25, 0.3) is 0 Å². The van der Waals surface area contributed by atoms with Crippen molar-refractivity contribution in [1.29, 1.82) is 0 Å². The van der Waals surface area contributed by atoms with Gasteiger partial charge in [-0.05, 0) is 18.2 Å². The van der Waals surface area contributed by atoms with Crippen molar-refractivity contribution in [1.82, 2.24) is 14.9 Å². The Kier molecular flexibility index (Phi) is 1.93. The maximum Gasteiger partial charge on any atom is 0.241 e. The Bertz CT molecular complexity index is 506. The van der Waals surface area contributed by atoms with Crippen LogP contribution in [0.3, 0.4) is 0 Å². The molecule has 0 saturated heterocycles. The molecule has 0 unspecified atom stereocenters. The van der Waals surface area contributed by atoms with Gasteiger partial charge < -0.3 is 17.3 Å². The molecule has 2 rings (SSSR count). The topological polar surface area (TPSA) is 109 Å². The third-order valence-corrected chi connectivity index (χ3v) is 1.98. The Hall–Kier alpha value is -2.31. The summed E-state index contributed by atoms with van der Waals surface area (Å²) in [6.45, 7) is 0. The summed E-state index contributed by atoms with van der Waals surface area (Å²) in [5.41, 5.74) is 11.4. The summed E-state index contributed by atoms with van der Waals surface area (Å²) in [7, 11) is 0. The first-order valence-electron chi connectivity index (χ1n) is 4.11. The number of nitrogen functional groups attached to an aromatic ring is 3. The van der Waals surface area contributed by atoms with Crippen molar-refractivity contribution in [3.63, 3.8) is 0 Å². The normalized spacial score (nSPS) is 10.5. The molecule has 0 spiro atoms. The third kappa shape index (κ3) is 1.43. The summed E-state index contributed by atoms with van der Waals surface area (Å²) in [6, 6.07) is 4.15. The number of aromatic nitrogens is 3. The zero-order chi connectivity index (χ0) is 11.0. The molecule has 0 radical (unpaired) electrons. The van der Waals surface area contributed by atoms with Gasteiger partial charge >= 0.3 is 0 Å². The van der Waals surface area contributed by atoms with Crippen molar-refractivity contribution in [2.75, 3.05) is 17.3 Å². The van der Waals surface area contributed by atoms with Crippen LogP contribution in [-0.2, 0) is 0 Å². The fourth-order valence-electron chi connectivity index (χ4n) is 1.18. The van der Waals surface area contributed by atoms with E-state index in [2.05, 4.69) is 10.2 Å². The summed E-state index contributed by atoms with van der Waals surface area (Å²) in [4.78, 5) is 0. The first kappa shape index (κ1) is 9.25. The minimum absolute atomic E-state index is 0.0223. The van der Waals surface area contributed by atoms with Gasteiger partial charge in [-0.2, -0.15) is 0 Å². The van der Waals surface area contributed by atoms with Crippen molar-refractivity contribution < 1.29 is 4.39 Å². The van der Waals surface area contributed by atoms with E-state index in [1.807, 2.05) is 0 Å². The quantitative estimate of drug-likeness (QED) is 0.450. The Balaban J connectivity index is 2.55. The maximum absolute atomic E-state index is 12.9. The largest absolute Gasteiger partial charge is 0.396 e. The molecule has 2 aromatic rings. The minimum Gasteiger partial charge on any atom is -0.396 e. The SMILES string of the molecule is Nc1cc(-c2nnc(N)n2N)ccc1F. The Labute approximate surface area is 84.5 Å². The molecule has 7 heteroatoms. The van der Waals surface area contributed by atoms with Gasteiger partial charge in [-0.3, -0.25) is 0 Å². The van der Waals surface area contributed by atoms with Crippen LogP contribution in [0.25, 0.3) is 11.4 Å². The zero-order valence-corrected chi connectivity index (χ0v) is 7.68. The Morgan fingerprint density at radius 1 is 1.20 bits per heavy atom. The van der Waals surface area contributed by atoms with Crippen LogP contribution in [-0.4, -0.2) is 14.9 Å². The van der Waals surface area contributed by atoms with Gasteiger partial charge in [0.05, 0.1) is 5.69 Å². The van der Waals surface area contributed by atoms with E-state index in [1.165, 1.54) is 18.2 Å². The average molecular weight is 208 g/mol. The summed E-state index contributed by atoms with van der Waals surface area (Å²) in [5.74, 6) is 5.47. The van der Waals surface area contributed by atoms with Crippen molar-refractivity contribution >= 4 is 11.6 Å². The van der Waals surface area contributed by atoms with Crippen LogP contribution in [0.5, 0.6) is 0 Å². The van der Waals surface area contributed by atoms with Crippen LogP contribution in [0.15, 0.2) is 18.2 Å². The second-order valence-electron chi connectivity index (χ2n) is 2.99. The maximum atomic E-state index is 12.9. The Morgan fingerprint density at radius 3 is 2.47 bits per heavy atom. The van der Waals surface area contributed by atoms with Crippen LogP contribution in [0.4, 0.5) is 16.0 Å². The van der Waals surface area contributed by atoms with Crippen LogP contribution >= 0.6 is 0 Å². The van der Waals surface area contributed by atoms with Crippen LogP contribution in [0, 0.1) is 5.82 Å². The number of nitrogens with zero attached hydrogens (tertiary/aromatic N) is 3. The molecule has 1 aromatic carbocycles. The average Bonchev–Trinajstić information content (AvgIpc) is 2.53. The standard InChI is InChI=1S/C8H9FN6/c9-5-2-1-4(3-6(5)10)7-13-14-8(11)15(7)12/h1-3H,10,12H2,(H2,11,14).